The average molecular weight is 427 g/mol. The quantitative estimate of drug-likeness (QED) is 0.448. The molecule has 3 rings (SSSR count). The van der Waals surface area contributed by atoms with Gasteiger partial charge in [-0.1, -0.05) is 61.9 Å². The van der Waals surface area contributed by atoms with Crippen molar-refractivity contribution in [3.8, 4) is 0 Å². The standard InChI is InChI=1S/C21H28Cl2N2O3/c1-2-3-4-5-6-11-26-13-18-14-27-21(28-18,15-25-10-9-24-16-25)19-8-7-17(22)12-20(19)23/h7-10,12,16,18H,2-6,11,13-15H2,1H3. The first kappa shape index (κ1) is 21.6. The van der Waals surface area contributed by atoms with Crippen molar-refractivity contribution in [2.75, 3.05) is 19.8 Å². The SMILES string of the molecule is CCCCCCCOCC1COC(Cn2ccnc2)(c2ccc(Cl)cc2Cl)O1. The summed E-state index contributed by atoms with van der Waals surface area (Å²) in [5.74, 6) is -0.989. The molecule has 0 saturated carbocycles. The highest BCUT2D eigenvalue weighted by atomic mass is 35.5. The molecule has 7 heteroatoms. The highest BCUT2D eigenvalue weighted by Gasteiger charge is 2.45. The maximum Gasteiger partial charge on any atom is 0.215 e. The van der Waals surface area contributed by atoms with Crippen LogP contribution in [0.25, 0.3) is 0 Å². The van der Waals surface area contributed by atoms with Crippen LogP contribution in [0.2, 0.25) is 10.0 Å². The number of halogens is 2. The zero-order valence-corrected chi connectivity index (χ0v) is 17.8. The van der Waals surface area contributed by atoms with E-state index in [1.807, 2.05) is 16.8 Å². The van der Waals surface area contributed by atoms with Crippen molar-refractivity contribution < 1.29 is 14.2 Å². The van der Waals surface area contributed by atoms with Crippen molar-refractivity contribution in [1.82, 2.24) is 9.55 Å². The molecule has 0 bridgehead atoms. The number of unbranched alkanes of at least 4 members (excludes halogenated alkanes) is 4. The van der Waals surface area contributed by atoms with Crippen molar-refractivity contribution in [2.45, 2.75) is 57.5 Å². The van der Waals surface area contributed by atoms with E-state index in [1.165, 1.54) is 25.7 Å². The zero-order chi connectivity index (χ0) is 19.8. The lowest BCUT2D eigenvalue weighted by molar-refractivity contribution is -0.191. The van der Waals surface area contributed by atoms with E-state index in [1.54, 1.807) is 24.7 Å². The van der Waals surface area contributed by atoms with Crippen LogP contribution in [0.5, 0.6) is 0 Å². The van der Waals surface area contributed by atoms with E-state index in [4.69, 9.17) is 37.4 Å². The summed E-state index contributed by atoms with van der Waals surface area (Å²) in [5, 5.41) is 1.09. The van der Waals surface area contributed by atoms with Gasteiger partial charge in [-0.15, -0.1) is 0 Å². The van der Waals surface area contributed by atoms with Crippen LogP contribution in [0.15, 0.2) is 36.9 Å². The molecule has 5 nitrogen and oxygen atoms in total. The molecular weight excluding hydrogens is 399 g/mol. The van der Waals surface area contributed by atoms with Crippen molar-refractivity contribution in [3.05, 3.63) is 52.5 Å². The van der Waals surface area contributed by atoms with Gasteiger partial charge in [0.2, 0.25) is 5.79 Å². The van der Waals surface area contributed by atoms with Gasteiger partial charge in [0.25, 0.3) is 0 Å². The van der Waals surface area contributed by atoms with Gasteiger partial charge in [0.15, 0.2) is 0 Å². The molecule has 0 N–H and O–H groups in total. The Bertz CT molecular complexity index is 726. The monoisotopic (exact) mass is 426 g/mol. The highest BCUT2D eigenvalue weighted by Crippen LogP contribution is 2.40. The molecule has 2 heterocycles. The maximum atomic E-state index is 6.47. The fraction of sp³-hybridized carbons (Fsp3) is 0.571. The minimum absolute atomic E-state index is 0.147. The number of aromatic nitrogens is 2. The Labute approximate surface area is 176 Å². The summed E-state index contributed by atoms with van der Waals surface area (Å²) < 4.78 is 20.3. The topological polar surface area (TPSA) is 45.5 Å². The largest absolute Gasteiger partial charge is 0.379 e. The molecule has 2 aromatic rings. The van der Waals surface area contributed by atoms with E-state index in [0.29, 0.717) is 29.8 Å². The molecule has 1 aromatic heterocycles. The van der Waals surface area contributed by atoms with Gasteiger partial charge in [-0.2, -0.15) is 0 Å². The highest BCUT2D eigenvalue weighted by molar-refractivity contribution is 6.35. The molecule has 2 atom stereocenters. The van der Waals surface area contributed by atoms with Gasteiger partial charge in [0.1, 0.15) is 6.10 Å². The smallest absolute Gasteiger partial charge is 0.215 e. The van der Waals surface area contributed by atoms with E-state index < -0.39 is 5.79 Å². The second-order valence-electron chi connectivity index (χ2n) is 7.15. The molecule has 0 spiro atoms. The van der Waals surface area contributed by atoms with E-state index >= 15 is 0 Å². The normalized spacial score (nSPS) is 22.0. The summed E-state index contributed by atoms with van der Waals surface area (Å²) in [5.41, 5.74) is 0.759. The molecule has 2 unspecified atom stereocenters. The van der Waals surface area contributed by atoms with Gasteiger partial charge in [0, 0.05) is 29.6 Å². The van der Waals surface area contributed by atoms with Crippen molar-refractivity contribution >= 4 is 23.2 Å². The summed E-state index contributed by atoms with van der Waals surface area (Å²) in [6.45, 7) is 4.37. The molecule has 1 aliphatic heterocycles. The van der Waals surface area contributed by atoms with E-state index in [0.717, 1.165) is 18.6 Å². The Morgan fingerprint density at radius 1 is 1.25 bits per heavy atom. The Balaban J connectivity index is 1.61. The van der Waals surface area contributed by atoms with Gasteiger partial charge >= 0.3 is 0 Å². The van der Waals surface area contributed by atoms with Crippen LogP contribution < -0.4 is 0 Å². The number of hydrogen-bond acceptors (Lipinski definition) is 4. The Morgan fingerprint density at radius 2 is 2.11 bits per heavy atom. The lowest BCUT2D eigenvalue weighted by atomic mass is 10.1. The van der Waals surface area contributed by atoms with Gasteiger partial charge < -0.3 is 18.8 Å². The van der Waals surface area contributed by atoms with Crippen LogP contribution >= 0.6 is 23.2 Å². The first-order valence-corrected chi connectivity index (χ1v) is 10.7. The number of hydrogen-bond donors (Lipinski definition) is 0. The minimum atomic E-state index is -0.989. The minimum Gasteiger partial charge on any atom is -0.379 e. The molecule has 1 saturated heterocycles. The van der Waals surface area contributed by atoms with E-state index in [9.17, 15) is 0 Å². The number of benzene rings is 1. The molecule has 154 valence electrons. The predicted octanol–water partition coefficient (Wildman–Crippen LogP) is 5.45. The summed E-state index contributed by atoms with van der Waals surface area (Å²) in [7, 11) is 0. The molecule has 0 radical (unpaired) electrons. The molecule has 1 aliphatic rings. The fourth-order valence-corrected chi connectivity index (χ4v) is 3.95. The van der Waals surface area contributed by atoms with Crippen LogP contribution in [0, 0.1) is 0 Å². The Hall–Kier alpha value is -1.11. The number of imidazole rings is 1. The summed E-state index contributed by atoms with van der Waals surface area (Å²) >= 11 is 12.5. The van der Waals surface area contributed by atoms with Gasteiger partial charge in [-0.05, 0) is 18.6 Å². The third-order valence-electron chi connectivity index (χ3n) is 4.85. The summed E-state index contributed by atoms with van der Waals surface area (Å²) in [4.78, 5) is 4.11. The third kappa shape index (κ3) is 5.71. The van der Waals surface area contributed by atoms with Crippen LogP contribution in [0.1, 0.15) is 44.6 Å². The molecule has 1 fully saturated rings. The molecule has 0 amide bonds. The summed E-state index contributed by atoms with van der Waals surface area (Å²) in [6, 6.07) is 5.37. The lowest BCUT2D eigenvalue weighted by Crippen LogP contribution is -2.34. The van der Waals surface area contributed by atoms with E-state index in [-0.39, 0.29) is 6.10 Å². The van der Waals surface area contributed by atoms with Crippen LogP contribution in [0.4, 0.5) is 0 Å². The molecule has 28 heavy (non-hydrogen) atoms. The number of rotatable bonds is 11. The third-order valence-corrected chi connectivity index (χ3v) is 5.39. The zero-order valence-electron chi connectivity index (χ0n) is 16.3. The fourth-order valence-electron chi connectivity index (χ4n) is 3.40. The van der Waals surface area contributed by atoms with Crippen LogP contribution in [0.3, 0.4) is 0 Å². The molecule has 0 aliphatic carbocycles. The molecule has 1 aromatic carbocycles. The lowest BCUT2D eigenvalue weighted by Gasteiger charge is -2.30. The van der Waals surface area contributed by atoms with E-state index in [2.05, 4.69) is 11.9 Å². The Kier molecular flexibility index (Phi) is 8.18. The van der Waals surface area contributed by atoms with Gasteiger partial charge in [0.05, 0.1) is 31.1 Å². The van der Waals surface area contributed by atoms with Crippen LogP contribution in [-0.2, 0) is 26.5 Å². The molecular formula is C21H28Cl2N2O3. The Morgan fingerprint density at radius 3 is 2.86 bits per heavy atom. The maximum absolute atomic E-state index is 6.47. The van der Waals surface area contributed by atoms with Crippen molar-refractivity contribution in [2.24, 2.45) is 0 Å². The number of nitrogens with zero attached hydrogens (tertiary/aromatic N) is 2. The second-order valence-corrected chi connectivity index (χ2v) is 8.00. The number of ether oxygens (including phenoxy) is 3. The van der Waals surface area contributed by atoms with Crippen LogP contribution in [-0.4, -0.2) is 35.5 Å². The van der Waals surface area contributed by atoms with Gasteiger partial charge in [-0.25, -0.2) is 4.98 Å². The average Bonchev–Trinajstić information content (AvgIpc) is 3.32. The predicted molar refractivity (Wildman–Crippen MR) is 111 cm³/mol. The summed E-state index contributed by atoms with van der Waals surface area (Å²) in [6.07, 6.45) is 11.3. The van der Waals surface area contributed by atoms with Crippen molar-refractivity contribution in [3.63, 3.8) is 0 Å². The first-order chi connectivity index (χ1) is 13.6. The second kappa shape index (κ2) is 10.6. The first-order valence-electron chi connectivity index (χ1n) is 9.94. The van der Waals surface area contributed by atoms with Gasteiger partial charge in [-0.3, -0.25) is 0 Å². The van der Waals surface area contributed by atoms with Crippen molar-refractivity contribution in [1.29, 1.82) is 0 Å².